The molecule has 1 atom stereocenters. The van der Waals surface area contributed by atoms with E-state index < -0.39 is 0 Å². The highest BCUT2D eigenvalue weighted by molar-refractivity contribution is 4.91. The van der Waals surface area contributed by atoms with Crippen molar-refractivity contribution in [1.82, 2.24) is 10.1 Å². The summed E-state index contributed by atoms with van der Waals surface area (Å²) in [5.41, 5.74) is 5.42. The summed E-state index contributed by atoms with van der Waals surface area (Å²) in [6, 6.07) is 0. The van der Waals surface area contributed by atoms with E-state index >= 15 is 0 Å². The molecular weight excluding hydrogens is 206 g/mol. The lowest BCUT2D eigenvalue weighted by molar-refractivity contribution is 0.0854. The molecule has 16 heavy (non-hydrogen) atoms. The number of unbranched alkanes of at least 4 members (excludes halogenated alkanes) is 1. The van der Waals surface area contributed by atoms with Gasteiger partial charge in [0.25, 0.3) is 0 Å². The molecule has 92 valence electrons. The maximum Gasteiger partial charge on any atom is 0.226 e. The largest absolute Gasteiger partial charge is 0.373 e. The zero-order chi connectivity index (χ0) is 11.8. The van der Waals surface area contributed by atoms with Crippen molar-refractivity contribution in [2.24, 2.45) is 5.73 Å². The minimum atomic E-state index is -0.0444. The number of aryl methyl sites for hydroxylation is 1. The molecule has 5 nitrogen and oxygen atoms in total. The molecule has 1 unspecified atom stereocenters. The van der Waals surface area contributed by atoms with Crippen LogP contribution in [-0.4, -0.2) is 23.8 Å². The molecule has 2 N–H and O–H groups in total. The molecular formula is C11H21N3O2. The molecule has 5 heteroatoms. The molecule has 0 aromatic carbocycles. The fourth-order valence-electron chi connectivity index (χ4n) is 1.54. The third kappa shape index (κ3) is 3.90. The minimum absolute atomic E-state index is 0.0444. The van der Waals surface area contributed by atoms with Crippen LogP contribution in [0, 0.1) is 0 Å². The smallest absolute Gasteiger partial charge is 0.226 e. The van der Waals surface area contributed by atoms with Gasteiger partial charge in [0.2, 0.25) is 11.7 Å². The fourth-order valence-corrected chi connectivity index (χ4v) is 1.54. The summed E-state index contributed by atoms with van der Waals surface area (Å²) in [5, 5.41) is 3.94. The number of hydrogen-bond donors (Lipinski definition) is 1. The van der Waals surface area contributed by atoms with Gasteiger partial charge in [-0.15, -0.1) is 0 Å². The summed E-state index contributed by atoms with van der Waals surface area (Å²) in [4.78, 5) is 4.33. The van der Waals surface area contributed by atoms with Crippen LogP contribution in [0.2, 0.25) is 0 Å². The summed E-state index contributed by atoms with van der Waals surface area (Å²) in [6.07, 6.45) is 4.68. The van der Waals surface area contributed by atoms with Crippen molar-refractivity contribution in [2.45, 2.75) is 45.1 Å². The Bertz CT molecular complexity index is 289. The van der Waals surface area contributed by atoms with E-state index in [1.807, 2.05) is 0 Å². The Morgan fingerprint density at radius 2 is 2.25 bits per heavy atom. The van der Waals surface area contributed by atoms with Crippen molar-refractivity contribution < 1.29 is 9.26 Å². The van der Waals surface area contributed by atoms with Gasteiger partial charge in [-0.05, 0) is 25.8 Å². The maximum absolute atomic E-state index is 5.42. The molecule has 1 rings (SSSR count). The Morgan fingerprint density at radius 1 is 1.44 bits per heavy atom. The molecule has 0 aliphatic rings. The normalized spacial score (nSPS) is 12.9. The summed E-state index contributed by atoms with van der Waals surface area (Å²) < 4.78 is 10.5. The van der Waals surface area contributed by atoms with Gasteiger partial charge in [0.05, 0.1) is 0 Å². The molecule has 0 aliphatic carbocycles. The zero-order valence-corrected chi connectivity index (χ0v) is 10.1. The maximum atomic E-state index is 5.42. The topological polar surface area (TPSA) is 74.2 Å². The van der Waals surface area contributed by atoms with Gasteiger partial charge in [0.15, 0.2) is 0 Å². The van der Waals surface area contributed by atoms with Crippen molar-refractivity contribution in [2.75, 3.05) is 13.7 Å². The van der Waals surface area contributed by atoms with Gasteiger partial charge < -0.3 is 15.0 Å². The number of hydrogen-bond acceptors (Lipinski definition) is 5. The highest BCUT2D eigenvalue weighted by atomic mass is 16.5. The summed E-state index contributed by atoms with van der Waals surface area (Å²) in [7, 11) is 1.67. The second kappa shape index (κ2) is 7.35. The first kappa shape index (κ1) is 13.1. The number of ether oxygens (including phenoxy) is 1. The molecule has 0 bridgehead atoms. The monoisotopic (exact) mass is 227 g/mol. The second-order valence-corrected chi connectivity index (χ2v) is 3.81. The van der Waals surface area contributed by atoms with Crippen molar-refractivity contribution in [3.63, 3.8) is 0 Å². The third-order valence-electron chi connectivity index (χ3n) is 2.45. The van der Waals surface area contributed by atoms with E-state index in [2.05, 4.69) is 17.1 Å². The van der Waals surface area contributed by atoms with Crippen LogP contribution >= 0.6 is 0 Å². The lowest BCUT2D eigenvalue weighted by Crippen LogP contribution is -2.03. The fraction of sp³-hybridized carbons (Fsp3) is 0.818. The van der Waals surface area contributed by atoms with Gasteiger partial charge in [-0.25, -0.2) is 0 Å². The highest BCUT2D eigenvalue weighted by Crippen LogP contribution is 2.19. The molecule has 0 amide bonds. The van der Waals surface area contributed by atoms with E-state index in [9.17, 15) is 0 Å². The van der Waals surface area contributed by atoms with Gasteiger partial charge in [-0.1, -0.05) is 18.5 Å². The van der Waals surface area contributed by atoms with Crippen LogP contribution in [-0.2, 0) is 11.2 Å². The lowest BCUT2D eigenvalue weighted by Gasteiger charge is -2.08. The van der Waals surface area contributed by atoms with Crippen molar-refractivity contribution >= 4 is 0 Å². The number of nitrogens with zero attached hydrogens (tertiary/aromatic N) is 2. The minimum Gasteiger partial charge on any atom is -0.373 e. The van der Waals surface area contributed by atoms with Crippen LogP contribution < -0.4 is 5.73 Å². The van der Waals surface area contributed by atoms with Gasteiger partial charge in [0, 0.05) is 13.5 Å². The number of methoxy groups -OCH3 is 1. The number of nitrogens with two attached hydrogens (primary N) is 1. The van der Waals surface area contributed by atoms with Gasteiger partial charge >= 0.3 is 0 Å². The average Bonchev–Trinajstić information content (AvgIpc) is 2.75. The molecule has 1 aromatic heterocycles. The van der Waals surface area contributed by atoms with E-state index in [4.69, 9.17) is 15.0 Å². The first-order chi connectivity index (χ1) is 7.81. The Hall–Kier alpha value is -0.940. The van der Waals surface area contributed by atoms with Crippen LogP contribution in [0.5, 0.6) is 0 Å². The molecule has 1 heterocycles. The Balaban J connectivity index is 2.48. The Labute approximate surface area is 96.4 Å². The zero-order valence-electron chi connectivity index (χ0n) is 10.1. The van der Waals surface area contributed by atoms with E-state index in [-0.39, 0.29) is 6.10 Å². The van der Waals surface area contributed by atoms with Crippen LogP contribution in [0.25, 0.3) is 0 Å². The molecule has 0 radical (unpaired) electrons. The van der Waals surface area contributed by atoms with Crippen molar-refractivity contribution in [1.29, 1.82) is 0 Å². The molecule has 0 saturated carbocycles. The van der Waals surface area contributed by atoms with Crippen LogP contribution in [0.1, 0.15) is 50.4 Å². The predicted octanol–water partition coefficient (Wildman–Crippen LogP) is 1.84. The average molecular weight is 227 g/mol. The lowest BCUT2D eigenvalue weighted by atomic mass is 10.2. The van der Waals surface area contributed by atoms with E-state index in [1.54, 1.807) is 7.11 Å². The number of rotatable bonds is 8. The molecule has 0 aliphatic heterocycles. The molecule has 1 aromatic rings. The molecule has 0 saturated heterocycles. The van der Waals surface area contributed by atoms with E-state index in [1.165, 1.54) is 0 Å². The Morgan fingerprint density at radius 3 is 2.88 bits per heavy atom. The third-order valence-corrected chi connectivity index (χ3v) is 2.45. The molecule has 0 fully saturated rings. The Kier molecular flexibility index (Phi) is 6.03. The van der Waals surface area contributed by atoms with Crippen molar-refractivity contribution in [3.8, 4) is 0 Å². The van der Waals surface area contributed by atoms with Crippen LogP contribution in [0.3, 0.4) is 0 Å². The van der Waals surface area contributed by atoms with Crippen LogP contribution in [0.15, 0.2) is 4.52 Å². The highest BCUT2D eigenvalue weighted by Gasteiger charge is 2.16. The first-order valence-corrected chi connectivity index (χ1v) is 5.87. The summed E-state index contributed by atoms with van der Waals surface area (Å²) >= 11 is 0. The van der Waals surface area contributed by atoms with Crippen molar-refractivity contribution in [3.05, 3.63) is 11.7 Å². The standard InChI is InChI=1S/C11H21N3O2/c1-3-6-9(15-2)11-13-10(16-14-11)7-4-5-8-12/h9H,3-8,12H2,1-2H3. The summed E-state index contributed by atoms with van der Waals surface area (Å²) in [6.45, 7) is 2.81. The second-order valence-electron chi connectivity index (χ2n) is 3.81. The van der Waals surface area contributed by atoms with E-state index in [0.717, 1.165) is 32.1 Å². The molecule has 0 spiro atoms. The first-order valence-electron chi connectivity index (χ1n) is 5.87. The summed E-state index contributed by atoms with van der Waals surface area (Å²) in [5.74, 6) is 1.34. The van der Waals surface area contributed by atoms with E-state index in [0.29, 0.717) is 18.3 Å². The number of aromatic nitrogens is 2. The quantitative estimate of drug-likeness (QED) is 0.686. The van der Waals surface area contributed by atoms with Gasteiger partial charge in [-0.2, -0.15) is 4.98 Å². The van der Waals surface area contributed by atoms with Gasteiger partial charge in [-0.3, -0.25) is 0 Å². The predicted molar refractivity (Wildman–Crippen MR) is 60.9 cm³/mol. The van der Waals surface area contributed by atoms with Gasteiger partial charge in [0.1, 0.15) is 6.10 Å². The van der Waals surface area contributed by atoms with Crippen LogP contribution in [0.4, 0.5) is 0 Å². The SMILES string of the molecule is CCCC(OC)c1noc(CCCCN)n1.